The summed E-state index contributed by atoms with van der Waals surface area (Å²) in [4.78, 5) is 22.4. The zero-order valence-corrected chi connectivity index (χ0v) is 16.8. The lowest BCUT2D eigenvalue weighted by molar-refractivity contribution is -0.119. The van der Waals surface area contributed by atoms with Crippen molar-refractivity contribution >= 4 is 11.7 Å². The molecule has 148 valence electrons. The van der Waals surface area contributed by atoms with Crippen LogP contribution in [-0.2, 0) is 9.59 Å². The largest absolute Gasteiger partial charge is 0.370 e. The number of hydrogen-bond acceptors (Lipinski definition) is 2. The summed E-state index contributed by atoms with van der Waals surface area (Å²) in [6, 6.07) is 0. The molecule has 3 nitrogen and oxygen atoms in total. The minimum Gasteiger partial charge on any atom is -0.370 e. The highest BCUT2D eigenvalue weighted by Crippen LogP contribution is 2.13. The predicted molar refractivity (Wildman–Crippen MR) is 108 cm³/mol. The normalized spacial score (nSPS) is 10.9. The van der Waals surface area contributed by atoms with E-state index in [2.05, 4.69) is 6.92 Å². The molecule has 0 aliphatic rings. The molecule has 2 N–H and O–H groups in total. The summed E-state index contributed by atoms with van der Waals surface area (Å²) in [5, 5.41) is 0. The van der Waals surface area contributed by atoms with Crippen molar-refractivity contribution in [1.29, 1.82) is 0 Å². The highest BCUT2D eigenvalue weighted by atomic mass is 16.1. The van der Waals surface area contributed by atoms with Gasteiger partial charge in [0, 0.05) is 19.3 Å². The van der Waals surface area contributed by atoms with Crippen molar-refractivity contribution in [2.75, 3.05) is 0 Å². The van der Waals surface area contributed by atoms with E-state index < -0.39 is 0 Å². The fourth-order valence-electron chi connectivity index (χ4n) is 3.26. The maximum Gasteiger partial charge on any atom is 0.217 e. The van der Waals surface area contributed by atoms with E-state index in [1.54, 1.807) is 0 Å². The van der Waals surface area contributed by atoms with Gasteiger partial charge < -0.3 is 5.73 Å². The summed E-state index contributed by atoms with van der Waals surface area (Å²) in [7, 11) is 0. The van der Waals surface area contributed by atoms with Crippen LogP contribution in [-0.4, -0.2) is 11.7 Å². The van der Waals surface area contributed by atoms with Crippen LogP contribution in [0.2, 0.25) is 0 Å². The molecule has 0 aliphatic heterocycles. The van der Waals surface area contributed by atoms with Gasteiger partial charge in [-0.3, -0.25) is 9.59 Å². The predicted octanol–water partition coefficient (Wildman–Crippen LogP) is 6.47. The van der Waals surface area contributed by atoms with Crippen LogP contribution < -0.4 is 5.73 Å². The second-order valence-electron chi connectivity index (χ2n) is 7.56. The minimum atomic E-state index is -0.179. The van der Waals surface area contributed by atoms with E-state index >= 15 is 0 Å². The van der Waals surface area contributed by atoms with Crippen LogP contribution in [0, 0.1) is 0 Å². The molecule has 0 radical (unpaired) electrons. The Bertz CT molecular complexity index is 315. The van der Waals surface area contributed by atoms with Gasteiger partial charge in [-0.1, -0.05) is 90.4 Å². The first-order chi connectivity index (χ1) is 12.2. The first-order valence-corrected chi connectivity index (χ1v) is 11.0. The summed E-state index contributed by atoms with van der Waals surface area (Å²) < 4.78 is 0. The van der Waals surface area contributed by atoms with Crippen molar-refractivity contribution in [2.24, 2.45) is 5.73 Å². The van der Waals surface area contributed by atoms with Crippen LogP contribution in [0.1, 0.15) is 129 Å². The van der Waals surface area contributed by atoms with E-state index in [9.17, 15) is 9.59 Å². The zero-order chi connectivity index (χ0) is 18.6. The lowest BCUT2D eigenvalue weighted by Crippen LogP contribution is -2.09. The molecule has 0 aliphatic carbocycles. The van der Waals surface area contributed by atoms with Gasteiger partial charge in [0.25, 0.3) is 0 Å². The number of Topliss-reactive ketones (excluding diaryl/α,β-unsaturated/α-hetero) is 1. The van der Waals surface area contributed by atoms with E-state index in [0.717, 1.165) is 38.5 Å². The number of amides is 1. The molecule has 0 aromatic heterocycles. The molecule has 25 heavy (non-hydrogen) atoms. The SMILES string of the molecule is CCCCCCCCCC(=O)CCCCCCCCCCCC(N)=O. The summed E-state index contributed by atoms with van der Waals surface area (Å²) in [6.07, 6.45) is 21.7. The molecule has 3 heteroatoms. The van der Waals surface area contributed by atoms with E-state index in [0.29, 0.717) is 12.2 Å². The third kappa shape index (κ3) is 21.1. The van der Waals surface area contributed by atoms with Gasteiger partial charge in [0.05, 0.1) is 0 Å². The molecule has 1 amide bonds. The number of primary amides is 1. The number of ketones is 1. The number of nitrogens with two attached hydrogens (primary N) is 1. The molecule has 0 spiro atoms. The molecule has 0 unspecified atom stereocenters. The van der Waals surface area contributed by atoms with Crippen molar-refractivity contribution in [1.82, 2.24) is 0 Å². The number of unbranched alkanes of at least 4 members (excludes halogenated alkanes) is 14. The minimum absolute atomic E-state index is 0.179. The van der Waals surface area contributed by atoms with Gasteiger partial charge in [-0.05, 0) is 19.3 Å². The van der Waals surface area contributed by atoms with Gasteiger partial charge in [-0.25, -0.2) is 0 Å². The number of rotatable bonds is 20. The molecule has 0 atom stereocenters. The third-order valence-electron chi connectivity index (χ3n) is 4.94. The Hall–Kier alpha value is -0.860. The van der Waals surface area contributed by atoms with Gasteiger partial charge in [-0.2, -0.15) is 0 Å². The van der Waals surface area contributed by atoms with Crippen LogP contribution in [0.25, 0.3) is 0 Å². The molecule has 0 aromatic rings. The zero-order valence-electron chi connectivity index (χ0n) is 16.8. The lowest BCUT2D eigenvalue weighted by Gasteiger charge is -2.03. The highest BCUT2D eigenvalue weighted by Gasteiger charge is 2.02. The second-order valence-corrected chi connectivity index (χ2v) is 7.56. The molecule has 0 rings (SSSR count). The van der Waals surface area contributed by atoms with E-state index in [-0.39, 0.29) is 5.91 Å². The molecule has 0 bridgehead atoms. The van der Waals surface area contributed by atoms with Gasteiger partial charge in [0.2, 0.25) is 5.91 Å². The van der Waals surface area contributed by atoms with Crippen molar-refractivity contribution in [3.05, 3.63) is 0 Å². The van der Waals surface area contributed by atoms with Crippen molar-refractivity contribution in [3.63, 3.8) is 0 Å². The van der Waals surface area contributed by atoms with Crippen LogP contribution in [0.4, 0.5) is 0 Å². The number of carbonyl (C=O) groups is 2. The van der Waals surface area contributed by atoms with E-state index in [4.69, 9.17) is 5.73 Å². The third-order valence-corrected chi connectivity index (χ3v) is 4.94. The first-order valence-electron chi connectivity index (χ1n) is 11.0. The first kappa shape index (κ1) is 24.1. The Morgan fingerprint density at radius 3 is 1.20 bits per heavy atom. The second kappa shape index (κ2) is 19.5. The fourth-order valence-corrected chi connectivity index (χ4v) is 3.26. The van der Waals surface area contributed by atoms with Crippen LogP contribution >= 0.6 is 0 Å². The molecular weight excluding hydrogens is 310 g/mol. The fraction of sp³-hybridized carbons (Fsp3) is 0.909. The molecular formula is C22H43NO2. The average Bonchev–Trinajstić information content (AvgIpc) is 2.58. The molecule has 0 fully saturated rings. The molecule has 0 saturated carbocycles. The topological polar surface area (TPSA) is 60.2 Å². The molecule has 0 heterocycles. The molecule has 0 aromatic carbocycles. The van der Waals surface area contributed by atoms with Crippen LogP contribution in [0.3, 0.4) is 0 Å². The summed E-state index contributed by atoms with van der Waals surface area (Å²) in [5.41, 5.74) is 5.12. The van der Waals surface area contributed by atoms with E-state index in [1.165, 1.54) is 77.0 Å². The number of hydrogen-bond donors (Lipinski definition) is 1. The van der Waals surface area contributed by atoms with Gasteiger partial charge in [0.15, 0.2) is 0 Å². The summed E-state index contributed by atoms with van der Waals surface area (Å²) >= 11 is 0. The quantitative estimate of drug-likeness (QED) is 0.255. The lowest BCUT2D eigenvalue weighted by atomic mass is 10.0. The maximum atomic E-state index is 11.8. The standard InChI is InChI=1S/C22H43NO2/c1-2-3-4-5-9-12-15-18-21(24)19-16-13-10-7-6-8-11-14-17-20-22(23)25/h2-20H2,1H3,(H2,23,25). The Labute approximate surface area is 156 Å². The van der Waals surface area contributed by atoms with Crippen molar-refractivity contribution in [3.8, 4) is 0 Å². The van der Waals surface area contributed by atoms with Gasteiger partial charge in [0.1, 0.15) is 5.78 Å². The maximum absolute atomic E-state index is 11.8. The van der Waals surface area contributed by atoms with Crippen molar-refractivity contribution < 1.29 is 9.59 Å². The molecule has 0 saturated heterocycles. The number of carbonyl (C=O) groups excluding carboxylic acids is 2. The van der Waals surface area contributed by atoms with Crippen LogP contribution in [0.5, 0.6) is 0 Å². The smallest absolute Gasteiger partial charge is 0.217 e. The highest BCUT2D eigenvalue weighted by molar-refractivity contribution is 5.78. The summed E-state index contributed by atoms with van der Waals surface area (Å²) in [5.74, 6) is 0.296. The van der Waals surface area contributed by atoms with Gasteiger partial charge >= 0.3 is 0 Å². The Morgan fingerprint density at radius 2 is 0.840 bits per heavy atom. The Balaban J connectivity index is 3.16. The Morgan fingerprint density at radius 1 is 0.520 bits per heavy atom. The Kier molecular flexibility index (Phi) is 18.8. The van der Waals surface area contributed by atoms with E-state index in [1.807, 2.05) is 0 Å². The van der Waals surface area contributed by atoms with Crippen LogP contribution in [0.15, 0.2) is 0 Å². The monoisotopic (exact) mass is 353 g/mol. The van der Waals surface area contributed by atoms with Gasteiger partial charge in [-0.15, -0.1) is 0 Å². The average molecular weight is 354 g/mol. The van der Waals surface area contributed by atoms with Crippen molar-refractivity contribution in [2.45, 2.75) is 129 Å². The summed E-state index contributed by atoms with van der Waals surface area (Å²) in [6.45, 7) is 2.24.